The molecule has 8 nitrogen and oxygen atoms in total. The minimum absolute atomic E-state index is 0.309. The predicted octanol–water partition coefficient (Wildman–Crippen LogP) is 10.4. The van der Waals surface area contributed by atoms with Crippen LogP contribution >= 0.6 is 0 Å². The molecule has 55 heavy (non-hydrogen) atoms. The molecule has 0 N–H and O–H groups in total. The molecule has 0 amide bonds. The van der Waals surface area contributed by atoms with Crippen molar-refractivity contribution in [1.82, 2.24) is 0 Å². The highest BCUT2D eigenvalue weighted by Crippen LogP contribution is 2.51. The third-order valence-corrected chi connectivity index (χ3v) is 14.6. The Morgan fingerprint density at radius 3 is 1.51 bits per heavy atom. The van der Waals surface area contributed by atoms with Crippen LogP contribution in [0.5, 0.6) is 0 Å². The summed E-state index contributed by atoms with van der Waals surface area (Å²) >= 11 is 0. The fraction of sp³-hybridized carbons (Fsp3) is 1.00. The van der Waals surface area contributed by atoms with E-state index in [0.717, 1.165) is 75.1 Å². The summed E-state index contributed by atoms with van der Waals surface area (Å²) in [5.74, 6) is 5.48. The third-order valence-electron chi connectivity index (χ3n) is 14.6. The van der Waals surface area contributed by atoms with Gasteiger partial charge in [0.25, 0.3) is 0 Å². The highest BCUT2D eigenvalue weighted by molar-refractivity contribution is 5.04. The summed E-state index contributed by atoms with van der Waals surface area (Å²) in [7, 11) is 0. The minimum atomic E-state index is 0.309. The van der Waals surface area contributed by atoms with E-state index in [9.17, 15) is 0 Å². The van der Waals surface area contributed by atoms with E-state index in [-0.39, 0.29) is 0 Å². The second-order valence-corrected chi connectivity index (χ2v) is 18.8. The van der Waals surface area contributed by atoms with Crippen molar-refractivity contribution in [3.8, 4) is 0 Å². The first-order chi connectivity index (χ1) is 26.6. The predicted molar refractivity (Wildman–Crippen MR) is 221 cm³/mol. The van der Waals surface area contributed by atoms with E-state index in [1.807, 2.05) is 6.92 Å². The second kappa shape index (κ2) is 22.9. The Morgan fingerprint density at radius 1 is 0.545 bits per heavy atom. The van der Waals surface area contributed by atoms with Crippen molar-refractivity contribution in [3.05, 3.63) is 0 Å². The van der Waals surface area contributed by atoms with Crippen LogP contribution in [0.4, 0.5) is 0 Å². The second-order valence-electron chi connectivity index (χ2n) is 18.8. The largest absolute Gasteiger partial charge is 0.381 e. The highest BCUT2D eigenvalue weighted by atomic mass is 16.6. The molecule has 16 unspecified atom stereocenters. The first kappa shape index (κ1) is 45.8. The van der Waals surface area contributed by atoms with Crippen LogP contribution in [0.1, 0.15) is 165 Å². The topological polar surface area (TPSA) is 93.6 Å². The monoisotopic (exact) mass is 779 g/mol. The van der Waals surface area contributed by atoms with Gasteiger partial charge in [0.05, 0.1) is 74.3 Å². The standard InChI is InChI=1S/C11H20O.C10H18O.C9H16O2.C8H14O.C5H10O2.C4H8O/c1-4-8(2)9-5-6-11(3)10(7-9)12-11;1-3-7(2)8-4-5-9-10(6-8)11-9;1-2-10-6-7-3-4-8-9(5-7)11-8;1-2-6-3-4-7-8(5-6)9-7;1-2-6-3-5-4-7-5;1-2-4-3-5-4/h8-10H,4-7H2,1-3H3;7-10H,3-6H2,1-2H3;7-9H,2-6H2,1H3;6-8H,2-5H2,1H3;5H,2-4H2,1H3;4H,2-3H2,1H3. The quantitative estimate of drug-likeness (QED) is 0.181. The van der Waals surface area contributed by atoms with Gasteiger partial charge in [-0.2, -0.15) is 0 Å². The first-order valence-electron chi connectivity index (χ1n) is 23.7. The molecule has 16 atom stereocenters. The van der Waals surface area contributed by atoms with Crippen molar-refractivity contribution in [3.63, 3.8) is 0 Å². The van der Waals surface area contributed by atoms with Gasteiger partial charge >= 0.3 is 0 Å². The Morgan fingerprint density at radius 2 is 1.05 bits per heavy atom. The van der Waals surface area contributed by atoms with Crippen molar-refractivity contribution < 1.29 is 37.9 Å². The Hall–Kier alpha value is -0.320. The molecule has 0 radical (unpaired) electrons. The zero-order chi connectivity index (χ0) is 39.4. The fourth-order valence-corrected chi connectivity index (χ4v) is 9.31. The molecule has 4 saturated carbocycles. The number of hydrogen-bond acceptors (Lipinski definition) is 8. The van der Waals surface area contributed by atoms with Gasteiger partial charge in [-0.1, -0.05) is 60.8 Å². The summed E-state index contributed by atoms with van der Waals surface area (Å²) < 4.78 is 42.2. The lowest BCUT2D eigenvalue weighted by atomic mass is 9.76. The smallest absolute Gasteiger partial charge is 0.104 e. The van der Waals surface area contributed by atoms with Crippen molar-refractivity contribution in [2.45, 2.75) is 226 Å². The summed E-state index contributed by atoms with van der Waals surface area (Å²) in [6.45, 7) is 25.4. The lowest BCUT2D eigenvalue weighted by Crippen LogP contribution is -2.24. The zero-order valence-electron chi connectivity index (χ0n) is 37.0. The van der Waals surface area contributed by atoms with E-state index >= 15 is 0 Å². The van der Waals surface area contributed by atoms with Crippen molar-refractivity contribution >= 4 is 0 Å². The van der Waals surface area contributed by atoms with Crippen LogP contribution in [0, 0.1) is 35.5 Å². The zero-order valence-corrected chi connectivity index (χ0v) is 37.0. The van der Waals surface area contributed by atoms with Gasteiger partial charge in [0, 0.05) is 19.8 Å². The highest BCUT2D eigenvalue weighted by Gasteiger charge is 2.55. The van der Waals surface area contributed by atoms with Gasteiger partial charge in [-0.3, -0.25) is 0 Å². The molecule has 322 valence electrons. The summed E-state index contributed by atoms with van der Waals surface area (Å²) in [5.41, 5.74) is 0.309. The van der Waals surface area contributed by atoms with E-state index < -0.39 is 0 Å². The minimum Gasteiger partial charge on any atom is -0.381 e. The average molecular weight is 779 g/mol. The van der Waals surface area contributed by atoms with Gasteiger partial charge in [0.2, 0.25) is 0 Å². The SMILES string of the molecule is CCC(C)C1CCC2(C)OC2C1.CCC(C)C1CCC2OC2C1.CCC1CCC2OC2C1.CCC1CO1.CCOCC1CCC2OC2C1.CCOCC1CO1. The number of ether oxygens (including phenoxy) is 8. The maximum Gasteiger partial charge on any atom is 0.104 e. The molecule has 0 aromatic rings. The van der Waals surface area contributed by atoms with Gasteiger partial charge in [-0.25, -0.2) is 0 Å². The van der Waals surface area contributed by atoms with E-state index in [2.05, 4.69) is 55.4 Å². The summed E-state index contributed by atoms with van der Waals surface area (Å²) in [6, 6.07) is 0. The van der Waals surface area contributed by atoms with Crippen molar-refractivity contribution in [2.24, 2.45) is 35.5 Å². The van der Waals surface area contributed by atoms with E-state index in [4.69, 9.17) is 37.9 Å². The fourth-order valence-electron chi connectivity index (χ4n) is 9.31. The molecule has 0 spiro atoms. The van der Waals surface area contributed by atoms with Gasteiger partial charge in [-0.15, -0.1) is 0 Å². The molecular weight excluding hydrogens is 693 g/mol. The molecule has 0 aromatic carbocycles. The first-order valence-corrected chi connectivity index (χ1v) is 23.7. The Balaban J connectivity index is 0.000000129. The van der Waals surface area contributed by atoms with Crippen LogP contribution < -0.4 is 0 Å². The lowest BCUT2D eigenvalue weighted by Gasteiger charge is -2.26. The molecular formula is C47H86O8. The molecule has 10 rings (SSSR count). The molecule has 6 saturated heterocycles. The molecule has 10 fully saturated rings. The van der Waals surface area contributed by atoms with Crippen molar-refractivity contribution in [1.29, 1.82) is 0 Å². The molecule has 10 aliphatic rings. The third kappa shape index (κ3) is 16.3. The molecule has 8 heteroatoms. The van der Waals surface area contributed by atoms with Crippen LogP contribution in [0.3, 0.4) is 0 Å². The normalized spacial score (nSPS) is 42.4. The Labute approximate surface area is 337 Å². The van der Waals surface area contributed by atoms with Gasteiger partial charge in [-0.05, 0) is 140 Å². The van der Waals surface area contributed by atoms with Crippen LogP contribution in [0.25, 0.3) is 0 Å². The lowest BCUT2D eigenvalue weighted by molar-refractivity contribution is 0.0980. The molecule has 6 heterocycles. The van der Waals surface area contributed by atoms with Crippen LogP contribution in [0.2, 0.25) is 0 Å². The van der Waals surface area contributed by atoms with Crippen LogP contribution in [0.15, 0.2) is 0 Å². The van der Waals surface area contributed by atoms with Gasteiger partial charge in [0.15, 0.2) is 0 Å². The maximum absolute atomic E-state index is 5.69. The van der Waals surface area contributed by atoms with E-state index in [0.29, 0.717) is 60.5 Å². The van der Waals surface area contributed by atoms with Gasteiger partial charge in [0.1, 0.15) is 6.10 Å². The number of hydrogen-bond donors (Lipinski definition) is 0. The summed E-state index contributed by atoms with van der Waals surface area (Å²) in [4.78, 5) is 0. The van der Waals surface area contributed by atoms with Crippen molar-refractivity contribution in [2.75, 3.05) is 39.6 Å². The van der Waals surface area contributed by atoms with Crippen LogP contribution in [-0.4, -0.2) is 100 Å². The molecule has 4 aliphatic carbocycles. The van der Waals surface area contributed by atoms with Gasteiger partial charge < -0.3 is 37.9 Å². The van der Waals surface area contributed by atoms with E-state index in [1.54, 1.807) is 0 Å². The number of fused-ring (bicyclic) bond motifs is 4. The Bertz CT molecular complexity index is 1050. The molecule has 0 bridgehead atoms. The van der Waals surface area contributed by atoms with Crippen LogP contribution in [-0.2, 0) is 37.9 Å². The maximum atomic E-state index is 5.69. The summed E-state index contributed by atoms with van der Waals surface area (Å²) in [6.07, 6.45) is 26.9. The van der Waals surface area contributed by atoms with E-state index in [1.165, 1.54) is 103 Å². The average Bonchev–Trinajstić information content (AvgIpc) is 4.00. The summed E-state index contributed by atoms with van der Waals surface area (Å²) in [5, 5.41) is 0. The molecule has 0 aromatic heterocycles. The number of rotatable bonds is 12. The number of epoxide rings is 6. The Kier molecular flexibility index (Phi) is 19.0. The molecule has 6 aliphatic heterocycles.